The Bertz CT molecular complexity index is 690. The number of anilines is 1. The van der Waals surface area contributed by atoms with Crippen molar-refractivity contribution in [2.75, 3.05) is 31.1 Å². The number of fused-ring (bicyclic) bond motifs is 1. The first-order valence-electron chi connectivity index (χ1n) is 8.22. The van der Waals surface area contributed by atoms with Crippen LogP contribution in [0, 0.1) is 11.7 Å². The van der Waals surface area contributed by atoms with Crippen LogP contribution in [-0.2, 0) is 4.79 Å². The van der Waals surface area contributed by atoms with Crippen LogP contribution in [0.25, 0.3) is 10.2 Å². The zero-order valence-electron chi connectivity index (χ0n) is 13.6. The zero-order chi connectivity index (χ0) is 16.4. The first kappa shape index (κ1) is 16.2. The van der Waals surface area contributed by atoms with E-state index in [0.29, 0.717) is 5.52 Å². The van der Waals surface area contributed by atoms with Gasteiger partial charge in [0.1, 0.15) is 11.3 Å². The Morgan fingerprint density at radius 1 is 1.35 bits per heavy atom. The minimum atomic E-state index is -0.267. The number of thiazole rings is 1. The Morgan fingerprint density at radius 2 is 2.04 bits per heavy atom. The molecule has 0 saturated carbocycles. The van der Waals surface area contributed by atoms with Gasteiger partial charge in [0.2, 0.25) is 5.91 Å². The summed E-state index contributed by atoms with van der Waals surface area (Å²) in [5.41, 5.74) is 0.453. The van der Waals surface area contributed by atoms with Gasteiger partial charge in [-0.3, -0.25) is 4.79 Å². The summed E-state index contributed by atoms with van der Waals surface area (Å²) in [6.07, 6.45) is 1.68. The normalized spacial score (nSPS) is 16.0. The van der Waals surface area contributed by atoms with Crippen molar-refractivity contribution in [2.45, 2.75) is 26.7 Å². The largest absolute Gasteiger partial charge is 0.348 e. The van der Waals surface area contributed by atoms with Crippen LogP contribution >= 0.6 is 11.3 Å². The van der Waals surface area contributed by atoms with Crippen LogP contribution in [0.1, 0.15) is 26.7 Å². The molecule has 6 heteroatoms. The van der Waals surface area contributed by atoms with Crippen molar-refractivity contribution >= 4 is 32.6 Å². The topological polar surface area (TPSA) is 36.4 Å². The molecular weight excluding hydrogens is 313 g/mol. The number of nitrogens with zero attached hydrogens (tertiary/aromatic N) is 3. The highest BCUT2D eigenvalue weighted by atomic mass is 32.1. The number of benzene rings is 1. The van der Waals surface area contributed by atoms with Crippen molar-refractivity contribution in [3.63, 3.8) is 0 Å². The molecule has 1 aliphatic heterocycles. The molecule has 1 aromatic carbocycles. The van der Waals surface area contributed by atoms with Crippen molar-refractivity contribution in [1.82, 2.24) is 9.88 Å². The van der Waals surface area contributed by atoms with E-state index in [2.05, 4.69) is 9.88 Å². The third-order valence-corrected chi connectivity index (χ3v) is 5.63. The van der Waals surface area contributed by atoms with Gasteiger partial charge in [-0.2, -0.15) is 0 Å². The van der Waals surface area contributed by atoms with Gasteiger partial charge in [0.15, 0.2) is 5.13 Å². The van der Waals surface area contributed by atoms with Crippen molar-refractivity contribution in [2.24, 2.45) is 5.92 Å². The summed E-state index contributed by atoms with van der Waals surface area (Å²) in [5, 5.41) is 0.860. The van der Waals surface area contributed by atoms with Gasteiger partial charge in [0.05, 0.1) is 4.70 Å². The summed E-state index contributed by atoms with van der Waals surface area (Å²) in [6, 6.07) is 5.06. The van der Waals surface area contributed by atoms with Gasteiger partial charge >= 0.3 is 0 Å². The van der Waals surface area contributed by atoms with E-state index in [1.165, 1.54) is 17.4 Å². The van der Waals surface area contributed by atoms with Crippen LogP contribution in [0.5, 0.6) is 0 Å². The van der Waals surface area contributed by atoms with Gasteiger partial charge in [-0.05, 0) is 38.8 Å². The van der Waals surface area contributed by atoms with Crippen molar-refractivity contribution in [3.05, 3.63) is 24.0 Å². The van der Waals surface area contributed by atoms with Gasteiger partial charge in [-0.25, -0.2) is 9.37 Å². The van der Waals surface area contributed by atoms with Crippen molar-refractivity contribution in [1.29, 1.82) is 0 Å². The molecule has 1 aromatic heterocycles. The molecule has 1 saturated heterocycles. The Morgan fingerprint density at radius 3 is 2.65 bits per heavy atom. The molecule has 0 bridgehead atoms. The molecule has 1 amide bonds. The predicted molar refractivity (Wildman–Crippen MR) is 92.4 cm³/mol. The van der Waals surface area contributed by atoms with E-state index in [4.69, 9.17) is 0 Å². The van der Waals surface area contributed by atoms with Crippen molar-refractivity contribution in [3.8, 4) is 0 Å². The number of hydrogen-bond acceptors (Lipinski definition) is 4. The average Bonchev–Trinajstić information content (AvgIpc) is 3.02. The lowest BCUT2D eigenvalue weighted by molar-refractivity contribution is -0.135. The Labute approximate surface area is 139 Å². The molecule has 23 heavy (non-hydrogen) atoms. The second kappa shape index (κ2) is 6.83. The van der Waals surface area contributed by atoms with Gasteiger partial charge in [-0.1, -0.05) is 17.4 Å². The first-order valence-corrected chi connectivity index (χ1v) is 9.04. The quantitative estimate of drug-likeness (QED) is 0.858. The lowest BCUT2D eigenvalue weighted by Gasteiger charge is -2.33. The predicted octanol–water partition coefficient (Wildman–Crippen LogP) is 3.52. The molecule has 3 rings (SSSR count). The highest BCUT2D eigenvalue weighted by Crippen LogP contribution is 2.32. The molecule has 124 valence electrons. The maximum Gasteiger partial charge on any atom is 0.225 e. The summed E-state index contributed by atoms with van der Waals surface area (Å²) in [6.45, 7) is 7.19. The lowest BCUT2D eigenvalue weighted by atomic mass is 9.95. The van der Waals surface area contributed by atoms with Crippen LogP contribution in [0.2, 0.25) is 0 Å². The summed E-state index contributed by atoms with van der Waals surface area (Å²) in [4.78, 5) is 21.0. The number of carbonyl (C=O) groups excluding carboxylic acids is 1. The van der Waals surface area contributed by atoms with E-state index in [0.717, 1.165) is 48.9 Å². The molecule has 0 N–H and O–H groups in total. The van der Waals surface area contributed by atoms with Gasteiger partial charge in [0, 0.05) is 32.1 Å². The number of aromatic nitrogens is 1. The molecule has 1 aliphatic rings. The maximum atomic E-state index is 13.8. The van der Waals surface area contributed by atoms with E-state index in [1.807, 2.05) is 24.8 Å². The second-order valence-electron chi connectivity index (χ2n) is 5.85. The molecule has 2 aromatic rings. The SMILES string of the molecule is CCN(CC)C(=O)C1CCN(c2nc3c(F)cccc3s2)CC1. The molecule has 0 radical (unpaired) electrons. The number of rotatable bonds is 4. The monoisotopic (exact) mass is 335 g/mol. The molecule has 0 unspecified atom stereocenters. The zero-order valence-corrected chi connectivity index (χ0v) is 14.4. The van der Waals surface area contributed by atoms with Crippen LogP contribution in [0.4, 0.5) is 9.52 Å². The average molecular weight is 335 g/mol. The fraction of sp³-hybridized carbons (Fsp3) is 0.529. The number of amides is 1. The summed E-state index contributed by atoms with van der Waals surface area (Å²) >= 11 is 1.52. The third-order valence-electron chi connectivity index (χ3n) is 4.55. The fourth-order valence-corrected chi connectivity index (χ4v) is 4.18. The van der Waals surface area contributed by atoms with Crippen LogP contribution < -0.4 is 4.90 Å². The Hall–Kier alpha value is -1.69. The molecule has 0 atom stereocenters. The molecule has 2 heterocycles. The van der Waals surface area contributed by atoms with E-state index in [9.17, 15) is 9.18 Å². The van der Waals surface area contributed by atoms with Gasteiger partial charge in [-0.15, -0.1) is 0 Å². The molecule has 4 nitrogen and oxygen atoms in total. The fourth-order valence-electron chi connectivity index (χ4n) is 3.15. The summed E-state index contributed by atoms with van der Waals surface area (Å²) in [7, 11) is 0. The first-order chi connectivity index (χ1) is 11.1. The van der Waals surface area contributed by atoms with E-state index in [-0.39, 0.29) is 17.6 Å². The highest BCUT2D eigenvalue weighted by molar-refractivity contribution is 7.22. The minimum absolute atomic E-state index is 0.109. The number of piperidine rings is 1. The molecule has 0 aliphatic carbocycles. The van der Waals surface area contributed by atoms with E-state index >= 15 is 0 Å². The van der Waals surface area contributed by atoms with Crippen LogP contribution in [-0.4, -0.2) is 42.0 Å². The number of para-hydroxylation sites is 1. The number of hydrogen-bond donors (Lipinski definition) is 0. The molecule has 1 fully saturated rings. The Balaban J connectivity index is 1.68. The van der Waals surface area contributed by atoms with Crippen molar-refractivity contribution < 1.29 is 9.18 Å². The Kier molecular flexibility index (Phi) is 4.80. The van der Waals surface area contributed by atoms with Crippen LogP contribution in [0.15, 0.2) is 18.2 Å². The van der Waals surface area contributed by atoms with Crippen LogP contribution in [0.3, 0.4) is 0 Å². The third kappa shape index (κ3) is 3.17. The summed E-state index contributed by atoms with van der Waals surface area (Å²) < 4.78 is 14.7. The molecule has 0 spiro atoms. The standard InChI is InChI=1S/C17H22FN3OS/c1-3-20(4-2)16(22)12-8-10-21(11-9-12)17-19-15-13(18)6-5-7-14(15)23-17/h5-7,12H,3-4,8-11H2,1-2H3. The molecular formula is C17H22FN3OS. The van der Waals surface area contributed by atoms with E-state index in [1.54, 1.807) is 6.07 Å². The second-order valence-corrected chi connectivity index (χ2v) is 6.86. The maximum absolute atomic E-state index is 13.8. The minimum Gasteiger partial charge on any atom is -0.348 e. The smallest absolute Gasteiger partial charge is 0.225 e. The lowest BCUT2D eigenvalue weighted by Crippen LogP contribution is -2.42. The number of halogens is 1. The highest BCUT2D eigenvalue weighted by Gasteiger charge is 2.28. The van der Waals surface area contributed by atoms with Gasteiger partial charge in [0.25, 0.3) is 0 Å². The van der Waals surface area contributed by atoms with E-state index < -0.39 is 0 Å². The van der Waals surface area contributed by atoms with Gasteiger partial charge < -0.3 is 9.80 Å². The number of carbonyl (C=O) groups is 1. The summed E-state index contributed by atoms with van der Waals surface area (Å²) in [5.74, 6) is 0.110.